The Labute approximate surface area is 116 Å². The minimum atomic E-state index is 0.506. The Balaban J connectivity index is 2.42. The standard InChI is InChI=1S/C18H23N/c1-12(2)18-11-15-7-8-17(19(6)13(3)4)10-16(15)9-14(18)5/h7-8,10-11,13H,1,5,9H2,2-4,6H3. The minimum absolute atomic E-state index is 0.506. The first kappa shape index (κ1) is 13.7. The van der Waals surface area contributed by atoms with E-state index in [4.69, 9.17) is 0 Å². The molecule has 0 fully saturated rings. The zero-order chi connectivity index (χ0) is 14.2. The van der Waals surface area contributed by atoms with Crippen LogP contribution in [0.4, 0.5) is 5.69 Å². The van der Waals surface area contributed by atoms with Crippen LogP contribution in [0, 0.1) is 0 Å². The molecule has 1 nitrogen and oxygen atoms in total. The topological polar surface area (TPSA) is 3.24 Å². The Hall–Kier alpha value is -1.76. The van der Waals surface area contributed by atoms with Gasteiger partial charge in [0, 0.05) is 18.8 Å². The van der Waals surface area contributed by atoms with Crippen LogP contribution in [0.3, 0.4) is 0 Å². The van der Waals surface area contributed by atoms with Gasteiger partial charge >= 0.3 is 0 Å². The lowest BCUT2D eigenvalue weighted by Gasteiger charge is -2.26. The van der Waals surface area contributed by atoms with Crippen molar-refractivity contribution in [1.29, 1.82) is 0 Å². The third-order valence-electron chi connectivity index (χ3n) is 3.85. The van der Waals surface area contributed by atoms with E-state index >= 15 is 0 Å². The fraction of sp³-hybridized carbons (Fsp3) is 0.333. The van der Waals surface area contributed by atoms with Gasteiger partial charge in [0.15, 0.2) is 0 Å². The lowest BCUT2D eigenvalue weighted by atomic mass is 9.86. The van der Waals surface area contributed by atoms with Crippen molar-refractivity contribution in [2.45, 2.75) is 33.2 Å². The maximum atomic E-state index is 4.18. The van der Waals surface area contributed by atoms with Crippen LogP contribution in [0.1, 0.15) is 31.9 Å². The van der Waals surface area contributed by atoms with E-state index in [0.29, 0.717) is 6.04 Å². The second-order valence-corrected chi connectivity index (χ2v) is 5.71. The summed E-state index contributed by atoms with van der Waals surface area (Å²) in [5.74, 6) is 0. The van der Waals surface area contributed by atoms with Gasteiger partial charge in [-0.15, -0.1) is 0 Å². The molecule has 0 aliphatic heterocycles. The smallest absolute Gasteiger partial charge is 0.0369 e. The van der Waals surface area contributed by atoms with E-state index < -0.39 is 0 Å². The number of allylic oxidation sites excluding steroid dienone is 3. The summed E-state index contributed by atoms with van der Waals surface area (Å²) in [5.41, 5.74) is 7.40. The fourth-order valence-electron chi connectivity index (χ4n) is 2.41. The first-order chi connectivity index (χ1) is 8.90. The SMILES string of the molecule is C=C(C)C1=Cc2ccc(N(C)C(C)C)cc2CC1=C. The number of benzene rings is 1. The molecule has 100 valence electrons. The number of nitrogens with zero attached hydrogens (tertiary/aromatic N) is 1. The van der Waals surface area contributed by atoms with E-state index in [1.807, 2.05) is 6.92 Å². The van der Waals surface area contributed by atoms with Crippen LogP contribution >= 0.6 is 0 Å². The summed E-state index contributed by atoms with van der Waals surface area (Å²) in [6.07, 6.45) is 3.14. The molecule has 0 N–H and O–H groups in total. The second-order valence-electron chi connectivity index (χ2n) is 5.71. The summed E-state index contributed by atoms with van der Waals surface area (Å²) in [4.78, 5) is 2.29. The quantitative estimate of drug-likeness (QED) is 0.760. The molecule has 2 rings (SSSR count). The van der Waals surface area contributed by atoms with Crippen LogP contribution in [0.2, 0.25) is 0 Å². The van der Waals surface area contributed by atoms with Gasteiger partial charge in [-0.1, -0.05) is 24.8 Å². The van der Waals surface area contributed by atoms with Crippen LogP contribution in [0.15, 0.2) is 48.1 Å². The van der Waals surface area contributed by atoms with E-state index in [9.17, 15) is 0 Å². The van der Waals surface area contributed by atoms with Crippen molar-refractivity contribution in [2.75, 3.05) is 11.9 Å². The van der Waals surface area contributed by atoms with Crippen molar-refractivity contribution < 1.29 is 0 Å². The molecular formula is C18H23N. The van der Waals surface area contributed by atoms with Crippen molar-refractivity contribution in [1.82, 2.24) is 0 Å². The molecule has 1 aliphatic carbocycles. The van der Waals surface area contributed by atoms with E-state index in [1.54, 1.807) is 0 Å². The summed E-state index contributed by atoms with van der Waals surface area (Å²) >= 11 is 0. The molecule has 0 saturated heterocycles. The van der Waals surface area contributed by atoms with Gasteiger partial charge in [-0.2, -0.15) is 0 Å². The highest BCUT2D eigenvalue weighted by Gasteiger charge is 2.16. The van der Waals surface area contributed by atoms with Gasteiger partial charge in [0.05, 0.1) is 0 Å². The van der Waals surface area contributed by atoms with Crippen LogP contribution in [-0.2, 0) is 6.42 Å². The third-order valence-corrected chi connectivity index (χ3v) is 3.85. The molecule has 1 aromatic rings. The average Bonchev–Trinajstić information content (AvgIpc) is 2.35. The predicted octanol–water partition coefficient (Wildman–Crippen LogP) is 4.60. The molecule has 1 heteroatoms. The van der Waals surface area contributed by atoms with Gasteiger partial charge < -0.3 is 4.90 Å². The molecule has 0 radical (unpaired) electrons. The summed E-state index contributed by atoms with van der Waals surface area (Å²) in [7, 11) is 2.14. The molecule has 0 amide bonds. The molecule has 19 heavy (non-hydrogen) atoms. The number of rotatable bonds is 3. The summed E-state index contributed by atoms with van der Waals surface area (Å²) in [6, 6.07) is 7.19. The molecule has 0 aromatic heterocycles. The highest BCUT2D eigenvalue weighted by molar-refractivity contribution is 5.72. The van der Waals surface area contributed by atoms with Crippen LogP contribution in [0.25, 0.3) is 6.08 Å². The number of hydrogen-bond donors (Lipinski definition) is 0. The Morgan fingerprint density at radius 3 is 2.58 bits per heavy atom. The minimum Gasteiger partial charge on any atom is -0.372 e. The van der Waals surface area contributed by atoms with Gasteiger partial charge in [-0.05, 0) is 67.7 Å². The number of fused-ring (bicyclic) bond motifs is 1. The van der Waals surface area contributed by atoms with Gasteiger partial charge in [-0.3, -0.25) is 0 Å². The van der Waals surface area contributed by atoms with E-state index in [1.165, 1.54) is 28.0 Å². The zero-order valence-electron chi connectivity index (χ0n) is 12.5. The maximum Gasteiger partial charge on any atom is 0.0369 e. The van der Waals surface area contributed by atoms with E-state index in [-0.39, 0.29) is 0 Å². The molecular weight excluding hydrogens is 230 g/mol. The van der Waals surface area contributed by atoms with Crippen molar-refractivity contribution in [3.63, 3.8) is 0 Å². The van der Waals surface area contributed by atoms with Crippen LogP contribution < -0.4 is 4.90 Å². The average molecular weight is 253 g/mol. The normalized spacial score (nSPS) is 14.2. The Bertz CT molecular complexity index is 561. The van der Waals surface area contributed by atoms with Crippen molar-refractivity contribution in [3.8, 4) is 0 Å². The highest BCUT2D eigenvalue weighted by Crippen LogP contribution is 2.32. The largest absolute Gasteiger partial charge is 0.372 e. The zero-order valence-corrected chi connectivity index (χ0v) is 12.5. The number of hydrogen-bond acceptors (Lipinski definition) is 1. The van der Waals surface area contributed by atoms with Gasteiger partial charge in [0.2, 0.25) is 0 Å². The third kappa shape index (κ3) is 2.65. The van der Waals surface area contributed by atoms with E-state index in [0.717, 1.165) is 12.0 Å². The summed E-state index contributed by atoms with van der Waals surface area (Å²) < 4.78 is 0. The van der Waals surface area contributed by atoms with Crippen molar-refractivity contribution in [3.05, 3.63) is 59.2 Å². The van der Waals surface area contributed by atoms with E-state index in [2.05, 4.69) is 63.2 Å². The van der Waals surface area contributed by atoms with Crippen molar-refractivity contribution >= 4 is 11.8 Å². The maximum absolute atomic E-state index is 4.18. The predicted molar refractivity (Wildman–Crippen MR) is 85.6 cm³/mol. The van der Waals surface area contributed by atoms with Crippen molar-refractivity contribution in [2.24, 2.45) is 0 Å². The fourth-order valence-corrected chi connectivity index (χ4v) is 2.41. The molecule has 0 bridgehead atoms. The molecule has 0 unspecified atom stereocenters. The molecule has 0 heterocycles. The monoisotopic (exact) mass is 253 g/mol. The number of anilines is 1. The Morgan fingerprint density at radius 1 is 1.32 bits per heavy atom. The van der Waals surface area contributed by atoms with Gasteiger partial charge in [-0.25, -0.2) is 0 Å². The highest BCUT2D eigenvalue weighted by atomic mass is 15.1. The Kier molecular flexibility index (Phi) is 3.66. The van der Waals surface area contributed by atoms with Crippen LogP contribution in [-0.4, -0.2) is 13.1 Å². The molecule has 1 aromatic carbocycles. The first-order valence-electron chi connectivity index (χ1n) is 6.81. The summed E-state index contributed by atoms with van der Waals surface area (Å²) in [6.45, 7) is 14.7. The molecule has 0 atom stereocenters. The Morgan fingerprint density at radius 2 is 2.00 bits per heavy atom. The second kappa shape index (κ2) is 5.08. The lowest BCUT2D eigenvalue weighted by molar-refractivity contribution is 0.754. The van der Waals surface area contributed by atoms with Crippen LogP contribution in [0.5, 0.6) is 0 Å². The first-order valence-corrected chi connectivity index (χ1v) is 6.81. The molecule has 0 spiro atoms. The van der Waals surface area contributed by atoms with Gasteiger partial charge in [0.1, 0.15) is 0 Å². The van der Waals surface area contributed by atoms with Gasteiger partial charge in [0.25, 0.3) is 0 Å². The lowest BCUT2D eigenvalue weighted by Crippen LogP contribution is -2.25. The molecule has 1 aliphatic rings. The summed E-state index contributed by atoms with van der Waals surface area (Å²) in [5, 5.41) is 0. The molecule has 0 saturated carbocycles.